The molecule has 0 atom stereocenters. The van der Waals surface area contributed by atoms with Crippen molar-refractivity contribution < 1.29 is 9.47 Å². The van der Waals surface area contributed by atoms with E-state index in [1.54, 1.807) is 18.7 Å². The number of methoxy groups -OCH3 is 2. The van der Waals surface area contributed by atoms with Crippen LogP contribution in [0, 0.1) is 6.92 Å². The lowest BCUT2D eigenvalue weighted by Gasteiger charge is -2.09. The molecule has 2 aromatic carbocycles. The van der Waals surface area contributed by atoms with Gasteiger partial charge >= 0.3 is 0 Å². The van der Waals surface area contributed by atoms with Gasteiger partial charge in [-0.05, 0) is 43.3 Å². The minimum absolute atomic E-state index is 0.602. The molecule has 2 aromatic heterocycles. The van der Waals surface area contributed by atoms with E-state index in [1.807, 2.05) is 42.5 Å². The van der Waals surface area contributed by atoms with Gasteiger partial charge in [0.05, 0.1) is 25.5 Å². The Morgan fingerprint density at radius 3 is 2.54 bits per heavy atom. The second-order valence-corrected chi connectivity index (χ2v) is 5.95. The van der Waals surface area contributed by atoms with Gasteiger partial charge in [0.2, 0.25) is 0 Å². The summed E-state index contributed by atoms with van der Waals surface area (Å²) in [5.41, 5.74) is 4.52. The van der Waals surface area contributed by atoms with Crippen LogP contribution in [0.4, 0.5) is 0 Å². The lowest BCUT2D eigenvalue weighted by atomic mass is 10.1. The molecule has 0 amide bonds. The van der Waals surface area contributed by atoms with Gasteiger partial charge in [-0.1, -0.05) is 23.8 Å². The predicted octanol–water partition coefficient (Wildman–Crippen LogP) is 3.78. The van der Waals surface area contributed by atoms with Crippen molar-refractivity contribution in [1.82, 2.24) is 19.8 Å². The number of aryl methyl sites for hydroxylation is 1. The van der Waals surface area contributed by atoms with Gasteiger partial charge in [0.1, 0.15) is 11.5 Å². The van der Waals surface area contributed by atoms with Gasteiger partial charge in [0.15, 0.2) is 11.5 Å². The summed E-state index contributed by atoms with van der Waals surface area (Å²) in [5.74, 6) is 2.00. The molecule has 0 aliphatic rings. The average Bonchev–Trinajstić information content (AvgIpc) is 3.10. The molecule has 0 radical (unpaired) electrons. The van der Waals surface area contributed by atoms with Gasteiger partial charge in [-0.15, -0.1) is 10.2 Å². The zero-order valence-corrected chi connectivity index (χ0v) is 14.8. The molecule has 0 saturated heterocycles. The summed E-state index contributed by atoms with van der Waals surface area (Å²) in [6.07, 6.45) is 0. The molecule has 0 bridgehead atoms. The second-order valence-electron chi connectivity index (χ2n) is 5.95. The highest BCUT2D eigenvalue weighted by atomic mass is 16.5. The van der Waals surface area contributed by atoms with E-state index in [0.29, 0.717) is 23.0 Å². The van der Waals surface area contributed by atoms with Crippen LogP contribution in [0.5, 0.6) is 11.5 Å². The average molecular weight is 346 g/mol. The summed E-state index contributed by atoms with van der Waals surface area (Å²) >= 11 is 0. The third-order valence-electron chi connectivity index (χ3n) is 4.22. The number of fused-ring (bicyclic) bond motifs is 1. The van der Waals surface area contributed by atoms with Gasteiger partial charge < -0.3 is 9.47 Å². The first kappa shape index (κ1) is 16.1. The Bertz CT molecular complexity index is 1090. The molecule has 0 aliphatic carbocycles. The van der Waals surface area contributed by atoms with Crippen LogP contribution in [0.25, 0.3) is 28.3 Å². The minimum Gasteiger partial charge on any atom is -0.497 e. The maximum Gasteiger partial charge on any atom is 0.189 e. The summed E-state index contributed by atoms with van der Waals surface area (Å²) in [4.78, 5) is 0. The topological polar surface area (TPSA) is 61.5 Å². The zero-order valence-electron chi connectivity index (χ0n) is 14.8. The van der Waals surface area contributed by atoms with E-state index in [0.717, 1.165) is 16.8 Å². The highest BCUT2D eigenvalue weighted by molar-refractivity contribution is 5.69. The molecule has 0 saturated carbocycles. The van der Waals surface area contributed by atoms with Crippen molar-refractivity contribution in [1.29, 1.82) is 0 Å². The van der Waals surface area contributed by atoms with Crippen LogP contribution >= 0.6 is 0 Å². The molecule has 2 heterocycles. The number of rotatable bonds is 4. The highest BCUT2D eigenvalue weighted by Crippen LogP contribution is 2.32. The molecule has 0 fully saturated rings. The lowest BCUT2D eigenvalue weighted by Crippen LogP contribution is -1.99. The summed E-state index contributed by atoms with van der Waals surface area (Å²) < 4.78 is 12.6. The smallest absolute Gasteiger partial charge is 0.189 e. The number of aromatic nitrogens is 4. The van der Waals surface area contributed by atoms with Crippen molar-refractivity contribution in [3.63, 3.8) is 0 Å². The SMILES string of the molecule is COc1ccc(OC)c(-c2nnc3ccc(-c4cccc(C)c4)nn23)c1. The maximum atomic E-state index is 5.48. The van der Waals surface area contributed by atoms with Gasteiger partial charge in [-0.3, -0.25) is 0 Å². The van der Waals surface area contributed by atoms with E-state index in [4.69, 9.17) is 14.6 Å². The fourth-order valence-corrected chi connectivity index (χ4v) is 2.90. The first-order chi connectivity index (χ1) is 12.7. The molecule has 4 rings (SSSR count). The summed E-state index contributed by atoms with van der Waals surface area (Å²) in [6, 6.07) is 17.6. The molecule has 6 nitrogen and oxygen atoms in total. The minimum atomic E-state index is 0.602. The van der Waals surface area contributed by atoms with Crippen LogP contribution in [0.1, 0.15) is 5.56 Å². The third-order valence-corrected chi connectivity index (χ3v) is 4.22. The summed E-state index contributed by atoms with van der Waals surface area (Å²) in [7, 11) is 3.25. The molecule has 26 heavy (non-hydrogen) atoms. The van der Waals surface area contributed by atoms with Crippen LogP contribution in [-0.2, 0) is 0 Å². The lowest BCUT2D eigenvalue weighted by molar-refractivity contribution is 0.404. The monoisotopic (exact) mass is 346 g/mol. The van der Waals surface area contributed by atoms with Crippen LogP contribution in [-0.4, -0.2) is 34.0 Å². The molecule has 6 heteroatoms. The molecule has 0 spiro atoms. The predicted molar refractivity (Wildman–Crippen MR) is 99.5 cm³/mol. The van der Waals surface area contributed by atoms with Gasteiger partial charge in [-0.2, -0.15) is 9.61 Å². The van der Waals surface area contributed by atoms with Crippen LogP contribution in [0.2, 0.25) is 0 Å². The first-order valence-electron chi connectivity index (χ1n) is 8.21. The normalized spacial score (nSPS) is 10.9. The van der Waals surface area contributed by atoms with E-state index in [-0.39, 0.29) is 0 Å². The summed E-state index contributed by atoms with van der Waals surface area (Å²) in [5, 5.41) is 13.3. The van der Waals surface area contributed by atoms with Gasteiger partial charge in [0.25, 0.3) is 0 Å². The fraction of sp³-hybridized carbons (Fsp3) is 0.150. The molecule has 0 N–H and O–H groups in total. The van der Waals surface area contributed by atoms with Crippen LogP contribution < -0.4 is 9.47 Å². The van der Waals surface area contributed by atoms with Crippen molar-refractivity contribution in [2.24, 2.45) is 0 Å². The largest absolute Gasteiger partial charge is 0.497 e. The van der Waals surface area contributed by atoms with Crippen molar-refractivity contribution in [3.05, 3.63) is 60.2 Å². The number of benzene rings is 2. The Morgan fingerprint density at radius 2 is 1.77 bits per heavy atom. The van der Waals surface area contributed by atoms with E-state index in [1.165, 1.54) is 5.56 Å². The van der Waals surface area contributed by atoms with E-state index in [9.17, 15) is 0 Å². The number of hydrogen-bond donors (Lipinski definition) is 0. The number of ether oxygens (including phenoxy) is 2. The fourth-order valence-electron chi connectivity index (χ4n) is 2.90. The quantitative estimate of drug-likeness (QED) is 0.563. The standard InChI is InChI=1S/C20H18N4O2/c1-13-5-4-6-14(11-13)17-8-10-19-21-22-20(24(19)23-17)16-12-15(25-2)7-9-18(16)26-3/h4-12H,1-3H3. The highest BCUT2D eigenvalue weighted by Gasteiger charge is 2.16. The molecule has 4 aromatic rings. The van der Waals surface area contributed by atoms with E-state index in [2.05, 4.69) is 29.3 Å². The van der Waals surface area contributed by atoms with Crippen molar-refractivity contribution in [3.8, 4) is 34.1 Å². The maximum absolute atomic E-state index is 5.48. The van der Waals surface area contributed by atoms with Crippen LogP contribution in [0.3, 0.4) is 0 Å². The molecule has 0 unspecified atom stereocenters. The second kappa shape index (κ2) is 6.48. The Morgan fingerprint density at radius 1 is 0.885 bits per heavy atom. The van der Waals surface area contributed by atoms with Crippen molar-refractivity contribution in [2.45, 2.75) is 6.92 Å². The Hall–Kier alpha value is -3.41. The van der Waals surface area contributed by atoms with Gasteiger partial charge in [0, 0.05) is 5.56 Å². The van der Waals surface area contributed by atoms with Crippen LogP contribution in [0.15, 0.2) is 54.6 Å². The van der Waals surface area contributed by atoms with Crippen molar-refractivity contribution in [2.75, 3.05) is 14.2 Å². The number of nitrogens with zero attached hydrogens (tertiary/aromatic N) is 4. The number of hydrogen-bond acceptors (Lipinski definition) is 5. The third kappa shape index (κ3) is 2.75. The Labute approximate surface area is 151 Å². The van der Waals surface area contributed by atoms with E-state index >= 15 is 0 Å². The van der Waals surface area contributed by atoms with E-state index < -0.39 is 0 Å². The zero-order chi connectivity index (χ0) is 18.1. The Kier molecular flexibility index (Phi) is 4.01. The van der Waals surface area contributed by atoms with Gasteiger partial charge in [-0.25, -0.2) is 0 Å². The molecular weight excluding hydrogens is 328 g/mol. The molecular formula is C20H18N4O2. The van der Waals surface area contributed by atoms with Crippen molar-refractivity contribution >= 4 is 5.65 Å². The first-order valence-corrected chi connectivity index (χ1v) is 8.21. The molecule has 0 aliphatic heterocycles. The Balaban J connectivity index is 1.91. The molecule has 130 valence electrons. The summed E-state index contributed by atoms with van der Waals surface area (Å²) in [6.45, 7) is 2.06.